The summed E-state index contributed by atoms with van der Waals surface area (Å²) in [7, 11) is 0. The second-order valence-corrected chi connectivity index (χ2v) is 5.90. The van der Waals surface area contributed by atoms with Crippen LogP contribution in [-0.4, -0.2) is 65.1 Å². The van der Waals surface area contributed by atoms with Gasteiger partial charge in [-0.15, -0.1) is 20.2 Å². The maximum atomic E-state index is 11.1. The number of amides is 1. The maximum absolute atomic E-state index is 11.1. The van der Waals surface area contributed by atoms with E-state index in [1.165, 1.54) is 0 Å². The number of carbonyl (C=O) groups excluding carboxylic acids is 1. The van der Waals surface area contributed by atoms with Crippen LogP contribution in [0.4, 0.5) is 5.82 Å². The van der Waals surface area contributed by atoms with Gasteiger partial charge in [-0.2, -0.15) is 0 Å². The van der Waals surface area contributed by atoms with Gasteiger partial charge in [-0.1, -0.05) is 0 Å². The number of anilines is 1. The summed E-state index contributed by atoms with van der Waals surface area (Å²) < 4.78 is 6.70. The Balaban J connectivity index is 2.05. The van der Waals surface area contributed by atoms with Gasteiger partial charge in [-0.3, -0.25) is 9.36 Å². The quantitative estimate of drug-likeness (QED) is 0.304. The van der Waals surface area contributed by atoms with Crippen molar-refractivity contribution in [2.45, 2.75) is 37.1 Å². The van der Waals surface area contributed by atoms with E-state index in [-0.39, 0.29) is 17.0 Å². The van der Waals surface area contributed by atoms with E-state index in [1.807, 2.05) is 0 Å². The lowest BCUT2D eigenvalue weighted by atomic mass is 10.0. The molecule has 29 heavy (non-hydrogen) atoms. The van der Waals surface area contributed by atoms with E-state index in [4.69, 9.17) is 16.2 Å². The topological polar surface area (TPSA) is 247 Å². The molecular formula is C12H14N8O9. The third-order valence-corrected chi connectivity index (χ3v) is 4.09. The predicted octanol–water partition coefficient (Wildman–Crippen LogP) is -2.30. The fraction of sp³-hybridized carbons (Fsp3) is 0.500. The fourth-order valence-corrected chi connectivity index (χ4v) is 3.01. The lowest BCUT2D eigenvalue weighted by Gasteiger charge is -2.22. The highest BCUT2D eigenvalue weighted by atomic mass is 17.0. The van der Waals surface area contributed by atoms with Gasteiger partial charge in [0.15, 0.2) is 29.9 Å². The molecular weight excluding hydrogens is 400 g/mol. The number of hydrogen-bond acceptors (Lipinski definition) is 13. The number of fused-ring (bicyclic) bond motifs is 1. The molecule has 1 aliphatic rings. The smallest absolute Gasteiger partial charge is 0.295 e. The monoisotopic (exact) mass is 414 g/mol. The summed E-state index contributed by atoms with van der Waals surface area (Å²) in [6, 6.07) is 0. The summed E-state index contributed by atoms with van der Waals surface area (Å²) in [5.74, 6) is -0.938. The highest BCUT2D eigenvalue weighted by molar-refractivity contribution is 5.81. The van der Waals surface area contributed by atoms with Crippen molar-refractivity contribution in [2.75, 3.05) is 5.73 Å². The van der Waals surface area contributed by atoms with Crippen LogP contribution in [0.15, 0.2) is 12.7 Å². The molecule has 2 aromatic heterocycles. The number of carbonyl (C=O) groups is 1. The molecule has 0 spiro atoms. The summed E-state index contributed by atoms with van der Waals surface area (Å²) >= 11 is 0. The Bertz CT molecular complexity index is 951. The molecule has 1 amide bonds. The maximum Gasteiger partial charge on any atom is 0.295 e. The molecule has 1 unspecified atom stereocenters. The SMILES string of the molecule is NC(=O)CC(O)[C@H]1O[C@@H](n2cnc3c(N)ncnc32)[C@H](O[N+](=O)[O-])[C@@H]1O[N+](=O)[O-]. The van der Waals surface area contributed by atoms with Crippen molar-refractivity contribution in [1.82, 2.24) is 19.5 Å². The Labute approximate surface area is 159 Å². The first-order valence-electron chi connectivity index (χ1n) is 7.86. The van der Waals surface area contributed by atoms with Crippen LogP contribution in [0.1, 0.15) is 12.6 Å². The van der Waals surface area contributed by atoms with Crippen LogP contribution in [0.2, 0.25) is 0 Å². The normalized spacial score (nSPS) is 24.9. The van der Waals surface area contributed by atoms with Crippen molar-refractivity contribution >= 4 is 22.9 Å². The second-order valence-electron chi connectivity index (χ2n) is 5.90. The molecule has 1 fully saturated rings. The summed E-state index contributed by atoms with van der Waals surface area (Å²) in [5, 5.41) is 29.6. The molecule has 5 N–H and O–H groups in total. The first-order valence-corrected chi connectivity index (χ1v) is 7.86. The molecule has 0 aliphatic carbocycles. The van der Waals surface area contributed by atoms with Gasteiger partial charge in [0.1, 0.15) is 17.9 Å². The van der Waals surface area contributed by atoms with Gasteiger partial charge in [-0.05, 0) is 0 Å². The molecule has 0 aromatic carbocycles. The van der Waals surface area contributed by atoms with Gasteiger partial charge >= 0.3 is 0 Å². The minimum absolute atomic E-state index is 0.00176. The van der Waals surface area contributed by atoms with Crippen LogP contribution in [0, 0.1) is 20.2 Å². The molecule has 1 saturated heterocycles. The van der Waals surface area contributed by atoms with Gasteiger partial charge in [0.2, 0.25) is 5.91 Å². The van der Waals surface area contributed by atoms with Crippen LogP contribution in [0.25, 0.3) is 11.2 Å². The molecule has 3 rings (SSSR count). The zero-order chi connectivity index (χ0) is 21.3. The van der Waals surface area contributed by atoms with E-state index in [0.29, 0.717) is 0 Å². The van der Waals surface area contributed by atoms with Crippen LogP contribution < -0.4 is 11.5 Å². The van der Waals surface area contributed by atoms with Crippen molar-refractivity contribution in [3.8, 4) is 0 Å². The second kappa shape index (κ2) is 7.64. The fourth-order valence-electron chi connectivity index (χ4n) is 3.01. The number of nitrogens with two attached hydrogens (primary N) is 2. The summed E-state index contributed by atoms with van der Waals surface area (Å²) in [4.78, 5) is 53.7. The number of hydrogen-bond donors (Lipinski definition) is 3. The Morgan fingerprint density at radius 2 is 1.93 bits per heavy atom. The van der Waals surface area contributed by atoms with Crippen molar-refractivity contribution in [3.63, 3.8) is 0 Å². The van der Waals surface area contributed by atoms with Gasteiger partial charge in [0, 0.05) is 0 Å². The molecule has 0 saturated carbocycles. The van der Waals surface area contributed by atoms with E-state index >= 15 is 0 Å². The number of nitrogens with zero attached hydrogens (tertiary/aromatic N) is 6. The molecule has 5 atom stereocenters. The molecule has 156 valence electrons. The zero-order valence-corrected chi connectivity index (χ0v) is 14.3. The van der Waals surface area contributed by atoms with Crippen LogP contribution in [0.5, 0.6) is 0 Å². The van der Waals surface area contributed by atoms with Crippen LogP contribution in [0.3, 0.4) is 0 Å². The van der Waals surface area contributed by atoms with Crippen molar-refractivity contribution in [1.29, 1.82) is 0 Å². The van der Waals surface area contributed by atoms with Crippen LogP contribution in [-0.2, 0) is 19.2 Å². The van der Waals surface area contributed by atoms with E-state index in [0.717, 1.165) is 17.2 Å². The minimum Gasteiger partial charge on any atom is -0.390 e. The van der Waals surface area contributed by atoms with E-state index in [1.54, 1.807) is 0 Å². The molecule has 17 nitrogen and oxygen atoms in total. The van der Waals surface area contributed by atoms with E-state index < -0.39 is 53.1 Å². The van der Waals surface area contributed by atoms with Gasteiger partial charge in [-0.25, -0.2) is 15.0 Å². The molecule has 17 heteroatoms. The number of aliphatic hydroxyl groups is 1. The van der Waals surface area contributed by atoms with Crippen molar-refractivity contribution in [3.05, 3.63) is 32.9 Å². The number of primary amides is 1. The number of nitrogen functional groups attached to an aromatic ring is 1. The minimum atomic E-state index is -1.79. The lowest BCUT2D eigenvalue weighted by Crippen LogP contribution is -2.44. The summed E-state index contributed by atoms with van der Waals surface area (Å²) in [5.41, 5.74) is 10.9. The first-order chi connectivity index (χ1) is 13.7. The lowest BCUT2D eigenvalue weighted by molar-refractivity contribution is -0.798. The molecule has 0 radical (unpaired) electrons. The standard InChI is InChI=1S/C12H14N8O9/c13-5(22)1-4(21)7-8(28-19(23)24)9(29-20(25)26)12(27-7)18-3-17-6-10(14)15-2-16-11(6)18/h2-4,7-9,12,21H,1H2,(H2,13,22)(H2,14,15,16)/t4?,7-,8-,9-,12-/m1/s1. The summed E-state index contributed by atoms with van der Waals surface area (Å²) in [6.07, 6.45) is -6.67. The molecule has 3 heterocycles. The first kappa shape index (κ1) is 19.9. The third kappa shape index (κ3) is 3.89. The number of rotatable bonds is 8. The van der Waals surface area contributed by atoms with E-state index in [2.05, 4.69) is 24.6 Å². The molecule has 0 bridgehead atoms. The largest absolute Gasteiger partial charge is 0.390 e. The number of aromatic nitrogens is 4. The average molecular weight is 414 g/mol. The Kier molecular flexibility index (Phi) is 5.24. The Morgan fingerprint density at radius 1 is 1.28 bits per heavy atom. The van der Waals surface area contributed by atoms with Crippen molar-refractivity contribution < 1.29 is 34.5 Å². The number of imidazole rings is 1. The van der Waals surface area contributed by atoms with Crippen molar-refractivity contribution in [2.24, 2.45) is 5.73 Å². The Morgan fingerprint density at radius 3 is 2.55 bits per heavy atom. The van der Waals surface area contributed by atoms with Crippen LogP contribution >= 0.6 is 0 Å². The number of ether oxygens (including phenoxy) is 1. The van der Waals surface area contributed by atoms with E-state index in [9.17, 15) is 30.1 Å². The Hall–Kier alpha value is -3.86. The average Bonchev–Trinajstić information content (AvgIpc) is 3.17. The molecule has 2 aromatic rings. The number of aliphatic hydroxyl groups excluding tert-OH is 1. The third-order valence-electron chi connectivity index (χ3n) is 4.09. The zero-order valence-electron chi connectivity index (χ0n) is 14.3. The predicted molar refractivity (Wildman–Crippen MR) is 87.2 cm³/mol. The molecule has 1 aliphatic heterocycles. The van der Waals surface area contributed by atoms with Gasteiger partial charge in [0.05, 0.1) is 18.9 Å². The highest BCUT2D eigenvalue weighted by Crippen LogP contribution is 2.37. The highest BCUT2D eigenvalue weighted by Gasteiger charge is 2.53. The van der Waals surface area contributed by atoms with Gasteiger partial charge in [0.25, 0.3) is 10.2 Å². The van der Waals surface area contributed by atoms with Gasteiger partial charge < -0.3 is 31.0 Å². The summed E-state index contributed by atoms with van der Waals surface area (Å²) in [6.45, 7) is 0.